The normalized spacial score (nSPS) is 11.9. The molecule has 0 spiro atoms. The van der Waals surface area contributed by atoms with Gasteiger partial charge in [-0.2, -0.15) is 18.3 Å². The summed E-state index contributed by atoms with van der Waals surface area (Å²) in [7, 11) is 0. The molecule has 2 aromatic heterocycles. The summed E-state index contributed by atoms with van der Waals surface area (Å²) in [5.74, 6) is -0.959. The number of amides is 2. The van der Waals surface area contributed by atoms with Gasteiger partial charge in [0.05, 0.1) is 24.2 Å². The van der Waals surface area contributed by atoms with Crippen molar-refractivity contribution in [2.24, 2.45) is 5.41 Å². The van der Waals surface area contributed by atoms with Crippen LogP contribution in [0.2, 0.25) is 0 Å². The number of carbonyl (C=O) groups excluding carboxylic acids is 2. The molecule has 43 heavy (non-hydrogen) atoms. The number of benzene rings is 2. The molecule has 2 aromatic carbocycles. The fourth-order valence-corrected chi connectivity index (χ4v) is 4.35. The molecule has 3 N–H and O–H groups in total. The van der Waals surface area contributed by atoms with E-state index in [9.17, 15) is 22.8 Å². The van der Waals surface area contributed by atoms with Crippen molar-refractivity contribution in [1.82, 2.24) is 20.1 Å². The molecule has 0 radical (unpaired) electrons. The van der Waals surface area contributed by atoms with Gasteiger partial charge in [-0.15, -0.1) is 0 Å². The van der Waals surface area contributed by atoms with Gasteiger partial charge in [0.25, 0.3) is 0 Å². The SMILES string of the molecule is Cc1ccc(-c2cn3nc(-c4cccc(OCCCCCC(=O)NO)c4C(F)(F)F)ccc3n2)cc1NC(=O)C(C)(C)C. The Morgan fingerprint density at radius 2 is 1.77 bits per heavy atom. The number of carbonyl (C=O) groups is 2. The standard InChI is InChI=1S/C31H34F3N5O4/c1-19-12-13-20(17-23(19)36-29(41)30(2,3)4)24-18-39-26(35-24)15-14-22(37-39)21-9-8-10-25(28(21)31(32,33)34)43-16-7-5-6-11-27(40)38-42/h8-10,12-15,17-18,42H,5-7,11,16H2,1-4H3,(H,36,41)(H,38,40). The van der Waals surface area contributed by atoms with E-state index >= 15 is 0 Å². The number of nitrogens with zero attached hydrogens (tertiary/aromatic N) is 3. The topological polar surface area (TPSA) is 118 Å². The van der Waals surface area contributed by atoms with Crippen LogP contribution in [-0.4, -0.2) is 38.2 Å². The van der Waals surface area contributed by atoms with E-state index in [1.807, 2.05) is 45.9 Å². The van der Waals surface area contributed by atoms with E-state index in [1.165, 1.54) is 28.8 Å². The molecular formula is C31H34F3N5O4. The number of rotatable bonds is 10. The van der Waals surface area contributed by atoms with Crippen LogP contribution < -0.4 is 15.5 Å². The highest BCUT2D eigenvalue weighted by atomic mass is 19.4. The molecule has 4 aromatic rings. The number of hydroxylamine groups is 1. The number of anilines is 1. The lowest BCUT2D eigenvalue weighted by Gasteiger charge is -2.19. The second-order valence-corrected chi connectivity index (χ2v) is 11.3. The third kappa shape index (κ3) is 7.69. The summed E-state index contributed by atoms with van der Waals surface area (Å²) in [6.45, 7) is 7.38. The van der Waals surface area contributed by atoms with E-state index in [0.717, 1.165) is 5.56 Å². The van der Waals surface area contributed by atoms with Crippen LogP contribution in [0, 0.1) is 12.3 Å². The van der Waals surface area contributed by atoms with E-state index in [2.05, 4.69) is 15.4 Å². The number of hydrogen-bond acceptors (Lipinski definition) is 6. The highest BCUT2D eigenvalue weighted by Gasteiger charge is 2.38. The largest absolute Gasteiger partial charge is 0.493 e. The maximum Gasteiger partial charge on any atom is 0.420 e. The predicted octanol–water partition coefficient (Wildman–Crippen LogP) is 6.82. The zero-order chi connectivity index (χ0) is 31.4. The maximum atomic E-state index is 14.3. The highest BCUT2D eigenvalue weighted by Crippen LogP contribution is 2.42. The summed E-state index contributed by atoms with van der Waals surface area (Å²) >= 11 is 0. The van der Waals surface area contributed by atoms with Gasteiger partial charge in [-0.05, 0) is 56.0 Å². The Balaban J connectivity index is 1.60. The molecule has 2 heterocycles. The molecule has 0 fully saturated rings. The van der Waals surface area contributed by atoms with Crippen LogP contribution in [0.1, 0.15) is 57.6 Å². The third-order valence-corrected chi connectivity index (χ3v) is 6.80. The van der Waals surface area contributed by atoms with Crippen molar-refractivity contribution in [3.8, 4) is 28.3 Å². The number of alkyl halides is 3. The van der Waals surface area contributed by atoms with Crippen molar-refractivity contribution in [2.75, 3.05) is 11.9 Å². The second-order valence-electron chi connectivity index (χ2n) is 11.3. The Labute approximate surface area is 247 Å². The van der Waals surface area contributed by atoms with Crippen molar-refractivity contribution in [2.45, 2.75) is 59.6 Å². The van der Waals surface area contributed by atoms with Crippen LogP contribution in [-0.2, 0) is 15.8 Å². The smallest absolute Gasteiger partial charge is 0.420 e. The molecule has 0 unspecified atom stereocenters. The minimum atomic E-state index is -4.71. The Kier molecular flexibility index (Phi) is 9.39. The lowest BCUT2D eigenvalue weighted by molar-refractivity contribution is -0.138. The van der Waals surface area contributed by atoms with Gasteiger partial charge in [-0.3, -0.25) is 14.8 Å². The van der Waals surface area contributed by atoms with Crippen LogP contribution in [0.25, 0.3) is 28.2 Å². The van der Waals surface area contributed by atoms with Gasteiger partial charge in [-0.1, -0.05) is 45.0 Å². The molecule has 9 nitrogen and oxygen atoms in total. The summed E-state index contributed by atoms with van der Waals surface area (Å²) in [6, 6.07) is 12.7. The molecule has 0 atom stereocenters. The van der Waals surface area contributed by atoms with Gasteiger partial charge in [0.1, 0.15) is 11.3 Å². The minimum absolute atomic E-state index is 0.0271. The summed E-state index contributed by atoms with van der Waals surface area (Å²) in [4.78, 5) is 28.2. The van der Waals surface area contributed by atoms with Crippen LogP contribution in [0.3, 0.4) is 0 Å². The number of nitrogens with one attached hydrogen (secondary N) is 2. The van der Waals surface area contributed by atoms with Crippen molar-refractivity contribution < 1.29 is 32.7 Å². The molecular weight excluding hydrogens is 563 g/mol. The number of aromatic nitrogens is 3. The monoisotopic (exact) mass is 597 g/mol. The molecule has 0 aliphatic heterocycles. The van der Waals surface area contributed by atoms with Gasteiger partial charge in [-0.25, -0.2) is 15.0 Å². The Bertz CT molecular complexity index is 1630. The summed E-state index contributed by atoms with van der Waals surface area (Å²) in [5.41, 5.74) is 3.20. The van der Waals surface area contributed by atoms with E-state index < -0.39 is 23.1 Å². The quantitative estimate of drug-likeness (QED) is 0.105. The summed E-state index contributed by atoms with van der Waals surface area (Å²) in [5, 5.41) is 15.9. The fraction of sp³-hybridized carbons (Fsp3) is 0.355. The fourth-order valence-electron chi connectivity index (χ4n) is 4.35. The van der Waals surface area contributed by atoms with E-state index in [-0.39, 0.29) is 35.9 Å². The molecule has 12 heteroatoms. The first kappa shape index (κ1) is 31.5. The summed E-state index contributed by atoms with van der Waals surface area (Å²) in [6.07, 6.45) is -1.53. The number of fused-ring (bicyclic) bond motifs is 1. The highest BCUT2D eigenvalue weighted by molar-refractivity contribution is 5.95. The first-order chi connectivity index (χ1) is 20.3. The number of imidazole rings is 1. The first-order valence-electron chi connectivity index (χ1n) is 13.8. The van der Waals surface area contributed by atoms with Crippen LogP contribution >= 0.6 is 0 Å². The summed E-state index contributed by atoms with van der Waals surface area (Å²) < 4.78 is 49.9. The number of ether oxygens (including phenoxy) is 1. The lowest BCUT2D eigenvalue weighted by Crippen LogP contribution is -2.27. The van der Waals surface area contributed by atoms with Crippen LogP contribution in [0.15, 0.2) is 54.7 Å². The molecule has 0 saturated heterocycles. The van der Waals surface area contributed by atoms with Gasteiger partial charge in [0.15, 0.2) is 5.65 Å². The van der Waals surface area contributed by atoms with Gasteiger partial charge in [0, 0.05) is 28.7 Å². The molecule has 0 bridgehead atoms. The van der Waals surface area contributed by atoms with Crippen LogP contribution in [0.4, 0.5) is 18.9 Å². The van der Waals surface area contributed by atoms with Crippen molar-refractivity contribution in [1.29, 1.82) is 0 Å². The van der Waals surface area contributed by atoms with E-state index in [4.69, 9.17) is 9.94 Å². The molecule has 228 valence electrons. The molecule has 4 rings (SSSR count). The molecule has 2 amide bonds. The number of hydrogen-bond donors (Lipinski definition) is 3. The van der Waals surface area contributed by atoms with Crippen molar-refractivity contribution in [3.63, 3.8) is 0 Å². The van der Waals surface area contributed by atoms with Crippen molar-refractivity contribution >= 4 is 23.1 Å². The molecule has 0 aliphatic carbocycles. The van der Waals surface area contributed by atoms with E-state index in [0.29, 0.717) is 41.9 Å². The number of halogens is 3. The van der Waals surface area contributed by atoms with E-state index in [1.54, 1.807) is 17.7 Å². The lowest BCUT2D eigenvalue weighted by atomic mass is 9.95. The third-order valence-electron chi connectivity index (χ3n) is 6.80. The number of unbranched alkanes of at least 4 members (excludes halogenated alkanes) is 2. The van der Waals surface area contributed by atoms with Gasteiger partial charge in [0.2, 0.25) is 11.8 Å². The average molecular weight is 598 g/mol. The number of aryl methyl sites for hydroxylation is 1. The van der Waals surface area contributed by atoms with Gasteiger partial charge < -0.3 is 10.1 Å². The average Bonchev–Trinajstić information content (AvgIpc) is 3.38. The predicted molar refractivity (Wildman–Crippen MR) is 156 cm³/mol. The maximum absolute atomic E-state index is 14.3. The zero-order valence-corrected chi connectivity index (χ0v) is 24.4. The minimum Gasteiger partial charge on any atom is -0.493 e. The Morgan fingerprint density at radius 1 is 1.00 bits per heavy atom. The Hall–Kier alpha value is -4.45. The van der Waals surface area contributed by atoms with Crippen molar-refractivity contribution in [3.05, 3.63) is 65.9 Å². The van der Waals surface area contributed by atoms with Gasteiger partial charge >= 0.3 is 6.18 Å². The Morgan fingerprint density at radius 3 is 2.47 bits per heavy atom. The van der Waals surface area contributed by atoms with Crippen LogP contribution in [0.5, 0.6) is 5.75 Å². The second kappa shape index (κ2) is 12.8. The zero-order valence-electron chi connectivity index (χ0n) is 24.4. The molecule has 0 aliphatic rings. The first-order valence-corrected chi connectivity index (χ1v) is 13.8. The molecule has 0 saturated carbocycles.